The summed E-state index contributed by atoms with van der Waals surface area (Å²) in [6.45, 7) is 2.49. The Hall–Kier alpha value is -3.22. The van der Waals surface area contributed by atoms with Crippen LogP contribution in [0.25, 0.3) is 5.69 Å². The summed E-state index contributed by atoms with van der Waals surface area (Å²) >= 11 is 0. The summed E-state index contributed by atoms with van der Waals surface area (Å²) in [5.41, 5.74) is 1.99. The Morgan fingerprint density at radius 1 is 1.10 bits per heavy atom. The molecule has 3 amide bonds. The van der Waals surface area contributed by atoms with Crippen molar-refractivity contribution < 1.29 is 14.4 Å². The average Bonchev–Trinajstić information content (AvgIpc) is 3.27. The third kappa shape index (κ3) is 3.85. The molecule has 0 radical (unpaired) electrons. The maximum Gasteiger partial charge on any atom is 0.233 e. The Morgan fingerprint density at radius 2 is 1.76 bits per heavy atom. The van der Waals surface area contributed by atoms with E-state index in [-0.39, 0.29) is 42.5 Å². The molecule has 7 heteroatoms. The van der Waals surface area contributed by atoms with Crippen LogP contribution in [0.1, 0.15) is 30.7 Å². The molecule has 1 N–H and O–H groups in total. The minimum absolute atomic E-state index is 0.122. The second-order valence-electron chi connectivity index (χ2n) is 7.52. The van der Waals surface area contributed by atoms with E-state index in [1.165, 1.54) is 4.90 Å². The molecule has 0 saturated carbocycles. The molecule has 1 aliphatic carbocycles. The zero-order chi connectivity index (χ0) is 20.4. The van der Waals surface area contributed by atoms with Gasteiger partial charge in [-0.25, -0.2) is 4.98 Å². The van der Waals surface area contributed by atoms with Crippen LogP contribution in [0.3, 0.4) is 0 Å². The van der Waals surface area contributed by atoms with Gasteiger partial charge >= 0.3 is 0 Å². The minimum atomic E-state index is -0.242. The van der Waals surface area contributed by atoms with E-state index in [1.54, 1.807) is 6.20 Å². The first-order valence-electron chi connectivity index (χ1n) is 9.91. The van der Waals surface area contributed by atoms with Crippen molar-refractivity contribution in [2.24, 2.45) is 11.8 Å². The number of allylic oxidation sites excluding steroid dienone is 2. The van der Waals surface area contributed by atoms with Gasteiger partial charge in [0, 0.05) is 37.6 Å². The van der Waals surface area contributed by atoms with Gasteiger partial charge in [-0.15, -0.1) is 0 Å². The molecule has 2 aliphatic rings. The van der Waals surface area contributed by atoms with Crippen LogP contribution in [0.2, 0.25) is 0 Å². The first kappa shape index (κ1) is 19.1. The van der Waals surface area contributed by atoms with Crippen LogP contribution in [0.15, 0.2) is 48.8 Å². The molecule has 0 bridgehead atoms. The van der Waals surface area contributed by atoms with Crippen molar-refractivity contribution in [3.05, 3.63) is 60.2 Å². The number of amides is 3. The monoisotopic (exact) mass is 392 g/mol. The Labute approximate surface area is 169 Å². The molecule has 1 aliphatic heterocycles. The molecule has 1 aromatic heterocycles. The minimum Gasteiger partial charge on any atom is -0.352 e. The van der Waals surface area contributed by atoms with E-state index in [0.29, 0.717) is 19.4 Å². The van der Waals surface area contributed by atoms with Gasteiger partial charge in [-0.2, -0.15) is 0 Å². The van der Waals surface area contributed by atoms with Crippen molar-refractivity contribution in [2.75, 3.05) is 6.54 Å². The quantitative estimate of drug-likeness (QED) is 0.603. The Kier molecular flexibility index (Phi) is 5.29. The SMILES string of the molecule is Cc1nccn1-c1ccc(CNC(=O)CCN2C(=O)[C@H]3CC=CC[C@H]3C2=O)cc1. The number of rotatable bonds is 6. The van der Waals surface area contributed by atoms with Crippen LogP contribution in [0.5, 0.6) is 0 Å². The van der Waals surface area contributed by atoms with Gasteiger partial charge < -0.3 is 9.88 Å². The molecule has 4 rings (SSSR count). The molecule has 0 unspecified atom stereocenters. The van der Waals surface area contributed by atoms with Gasteiger partial charge in [-0.05, 0) is 37.5 Å². The maximum atomic E-state index is 12.4. The van der Waals surface area contributed by atoms with Crippen molar-refractivity contribution in [1.29, 1.82) is 0 Å². The number of imidazole rings is 1. The highest BCUT2D eigenvalue weighted by Gasteiger charge is 2.46. The first-order chi connectivity index (χ1) is 14.0. The van der Waals surface area contributed by atoms with Gasteiger partial charge in [0.05, 0.1) is 11.8 Å². The van der Waals surface area contributed by atoms with E-state index in [0.717, 1.165) is 17.1 Å². The lowest BCUT2D eigenvalue weighted by Gasteiger charge is -2.14. The molecule has 2 atom stereocenters. The number of aryl methyl sites for hydroxylation is 1. The molecule has 29 heavy (non-hydrogen) atoms. The van der Waals surface area contributed by atoms with E-state index in [2.05, 4.69) is 10.3 Å². The molecule has 1 aromatic carbocycles. The number of nitrogens with zero attached hydrogens (tertiary/aromatic N) is 3. The topological polar surface area (TPSA) is 84.3 Å². The normalized spacial score (nSPS) is 20.8. The Bertz CT molecular complexity index is 935. The number of aromatic nitrogens is 2. The van der Waals surface area contributed by atoms with Crippen LogP contribution in [0.4, 0.5) is 0 Å². The molecule has 1 saturated heterocycles. The summed E-state index contributed by atoms with van der Waals surface area (Å²) in [6, 6.07) is 7.88. The van der Waals surface area contributed by atoms with Crippen molar-refractivity contribution >= 4 is 17.7 Å². The van der Waals surface area contributed by atoms with Gasteiger partial charge in [-0.3, -0.25) is 19.3 Å². The van der Waals surface area contributed by atoms with Crippen molar-refractivity contribution in [2.45, 2.75) is 32.7 Å². The molecule has 2 heterocycles. The van der Waals surface area contributed by atoms with E-state index < -0.39 is 0 Å². The second-order valence-corrected chi connectivity index (χ2v) is 7.52. The molecule has 2 aromatic rings. The number of likely N-dealkylation sites (tertiary alicyclic amines) is 1. The second kappa shape index (κ2) is 8.03. The predicted molar refractivity (Wildman–Crippen MR) is 107 cm³/mol. The number of fused-ring (bicyclic) bond motifs is 1. The van der Waals surface area contributed by atoms with Crippen molar-refractivity contribution in [3.8, 4) is 5.69 Å². The molecule has 1 fully saturated rings. The van der Waals surface area contributed by atoms with E-state index in [1.807, 2.05) is 54.1 Å². The first-order valence-corrected chi connectivity index (χ1v) is 9.91. The van der Waals surface area contributed by atoms with Crippen LogP contribution in [-0.2, 0) is 20.9 Å². The summed E-state index contributed by atoms with van der Waals surface area (Å²) < 4.78 is 1.99. The lowest BCUT2D eigenvalue weighted by Crippen LogP contribution is -2.35. The van der Waals surface area contributed by atoms with Gasteiger partial charge in [0.2, 0.25) is 17.7 Å². The number of imide groups is 1. The Morgan fingerprint density at radius 3 is 2.34 bits per heavy atom. The van der Waals surface area contributed by atoms with Crippen molar-refractivity contribution in [3.63, 3.8) is 0 Å². The fourth-order valence-electron chi connectivity index (χ4n) is 4.02. The number of hydrogen-bond acceptors (Lipinski definition) is 4. The molecule has 150 valence electrons. The molecule has 0 spiro atoms. The van der Waals surface area contributed by atoms with Crippen LogP contribution in [-0.4, -0.2) is 38.7 Å². The van der Waals surface area contributed by atoms with Gasteiger partial charge in [0.1, 0.15) is 5.82 Å². The Balaban J connectivity index is 1.27. The molecule has 7 nitrogen and oxygen atoms in total. The van der Waals surface area contributed by atoms with E-state index in [9.17, 15) is 14.4 Å². The third-order valence-corrected chi connectivity index (χ3v) is 5.69. The summed E-state index contributed by atoms with van der Waals surface area (Å²) in [5.74, 6) is -0.0210. The zero-order valence-corrected chi connectivity index (χ0v) is 16.4. The largest absolute Gasteiger partial charge is 0.352 e. The standard InChI is InChI=1S/C22H24N4O3/c1-15-23-11-13-25(15)17-8-6-16(7-9-17)14-24-20(27)10-12-26-21(28)18-4-2-3-5-19(18)22(26)29/h2-3,6-9,11,13,18-19H,4-5,10,12,14H2,1H3,(H,24,27)/t18-,19+. The fourth-order valence-corrected chi connectivity index (χ4v) is 4.02. The predicted octanol–water partition coefficient (Wildman–Crippen LogP) is 2.14. The summed E-state index contributed by atoms with van der Waals surface area (Å²) in [4.78, 5) is 42.6. The fraction of sp³-hybridized carbons (Fsp3) is 0.364. The molecular formula is C22H24N4O3. The average molecular weight is 392 g/mol. The van der Waals surface area contributed by atoms with Gasteiger partial charge in [-0.1, -0.05) is 24.3 Å². The third-order valence-electron chi connectivity index (χ3n) is 5.69. The van der Waals surface area contributed by atoms with E-state index >= 15 is 0 Å². The molecular weight excluding hydrogens is 368 g/mol. The highest BCUT2D eigenvalue weighted by molar-refractivity contribution is 6.05. The zero-order valence-electron chi connectivity index (χ0n) is 16.4. The summed E-state index contributed by atoms with van der Waals surface area (Å²) in [5, 5.41) is 2.86. The number of carbonyl (C=O) groups is 3. The highest BCUT2D eigenvalue weighted by Crippen LogP contribution is 2.34. The van der Waals surface area contributed by atoms with Crippen LogP contribution < -0.4 is 5.32 Å². The van der Waals surface area contributed by atoms with Crippen LogP contribution >= 0.6 is 0 Å². The summed E-state index contributed by atoms with van der Waals surface area (Å²) in [6.07, 6.45) is 8.93. The number of nitrogens with one attached hydrogen (secondary N) is 1. The van der Waals surface area contributed by atoms with Gasteiger partial charge in [0.15, 0.2) is 0 Å². The van der Waals surface area contributed by atoms with Crippen LogP contribution in [0, 0.1) is 18.8 Å². The number of benzene rings is 1. The number of hydrogen-bond donors (Lipinski definition) is 1. The maximum absolute atomic E-state index is 12.4. The number of carbonyl (C=O) groups excluding carboxylic acids is 3. The highest BCUT2D eigenvalue weighted by atomic mass is 16.2. The lowest BCUT2D eigenvalue weighted by atomic mass is 9.85. The smallest absolute Gasteiger partial charge is 0.233 e. The summed E-state index contributed by atoms with van der Waals surface area (Å²) in [7, 11) is 0. The van der Waals surface area contributed by atoms with Crippen molar-refractivity contribution in [1.82, 2.24) is 19.8 Å². The van der Waals surface area contributed by atoms with E-state index in [4.69, 9.17) is 0 Å². The lowest BCUT2D eigenvalue weighted by molar-refractivity contribution is -0.140. The van der Waals surface area contributed by atoms with Gasteiger partial charge in [0.25, 0.3) is 0 Å².